The second-order valence-electron chi connectivity index (χ2n) is 8.31. The van der Waals surface area contributed by atoms with Crippen molar-refractivity contribution in [1.29, 1.82) is 0 Å². The van der Waals surface area contributed by atoms with Crippen molar-refractivity contribution in [2.75, 3.05) is 26.9 Å². The molecule has 200 valence electrons. The Morgan fingerprint density at radius 2 is 1.76 bits per heavy atom. The van der Waals surface area contributed by atoms with Gasteiger partial charge in [-0.1, -0.05) is 23.5 Å². The zero-order chi connectivity index (χ0) is 27.4. The summed E-state index contributed by atoms with van der Waals surface area (Å²) in [5.41, 5.74) is 1.69. The van der Waals surface area contributed by atoms with Crippen molar-refractivity contribution in [3.8, 4) is 23.0 Å². The van der Waals surface area contributed by atoms with Crippen LogP contribution in [-0.2, 0) is 9.53 Å². The fourth-order valence-electron chi connectivity index (χ4n) is 4.29. The number of fused-ring (bicyclic) bond motifs is 1. The molecule has 4 rings (SSSR count). The maximum atomic E-state index is 13.8. The molecule has 1 aliphatic rings. The first-order valence-electron chi connectivity index (χ1n) is 12.3. The van der Waals surface area contributed by atoms with Crippen LogP contribution in [0.4, 0.5) is 0 Å². The van der Waals surface area contributed by atoms with Gasteiger partial charge in [0.1, 0.15) is 0 Å². The number of nitrogens with zero attached hydrogens (tertiary/aromatic N) is 2. The molecule has 1 aliphatic heterocycles. The highest BCUT2D eigenvalue weighted by Gasteiger charge is 2.34. The molecule has 0 saturated heterocycles. The zero-order valence-electron chi connectivity index (χ0n) is 21.9. The van der Waals surface area contributed by atoms with E-state index in [4.69, 9.17) is 18.9 Å². The molecule has 0 radical (unpaired) electrons. The summed E-state index contributed by atoms with van der Waals surface area (Å²) in [6, 6.07) is 9.48. The van der Waals surface area contributed by atoms with E-state index in [1.54, 1.807) is 44.2 Å². The van der Waals surface area contributed by atoms with Gasteiger partial charge in [0.25, 0.3) is 5.56 Å². The summed E-state index contributed by atoms with van der Waals surface area (Å²) in [4.78, 5) is 32.0. The monoisotopic (exact) mass is 538 g/mol. The third-order valence-electron chi connectivity index (χ3n) is 5.90. The maximum absolute atomic E-state index is 13.8. The van der Waals surface area contributed by atoms with E-state index in [0.29, 0.717) is 56.6 Å². The minimum atomic E-state index is -0.786. The van der Waals surface area contributed by atoms with E-state index in [1.807, 2.05) is 19.9 Å². The number of hydrogen-bond donors (Lipinski definition) is 1. The summed E-state index contributed by atoms with van der Waals surface area (Å²) < 4.78 is 23.9. The molecule has 0 aliphatic carbocycles. The molecule has 1 atom stereocenters. The lowest BCUT2D eigenvalue weighted by Crippen LogP contribution is -2.40. The average molecular weight is 539 g/mol. The van der Waals surface area contributed by atoms with Crippen molar-refractivity contribution in [3.63, 3.8) is 0 Å². The van der Waals surface area contributed by atoms with Crippen LogP contribution in [0, 0.1) is 0 Å². The molecule has 0 fully saturated rings. The van der Waals surface area contributed by atoms with E-state index >= 15 is 0 Å². The number of aromatic nitrogens is 1. The lowest BCUT2D eigenvalue weighted by atomic mass is 9.95. The second kappa shape index (κ2) is 11.6. The molecule has 10 heteroatoms. The molecule has 1 N–H and O–H groups in total. The van der Waals surface area contributed by atoms with E-state index < -0.39 is 12.0 Å². The number of carbonyl (C=O) groups excluding carboxylic acids is 1. The number of aromatic hydroxyl groups is 1. The molecule has 0 spiro atoms. The smallest absolute Gasteiger partial charge is 0.338 e. The van der Waals surface area contributed by atoms with Gasteiger partial charge in [-0.3, -0.25) is 9.36 Å². The van der Waals surface area contributed by atoms with Crippen molar-refractivity contribution < 1.29 is 28.8 Å². The number of thiazole rings is 1. The van der Waals surface area contributed by atoms with Crippen molar-refractivity contribution in [3.05, 3.63) is 78.5 Å². The van der Waals surface area contributed by atoms with Gasteiger partial charge >= 0.3 is 5.97 Å². The highest BCUT2D eigenvalue weighted by atomic mass is 32.1. The lowest BCUT2D eigenvalue weighted by molar-refractivity contribution is -0.139. The van der Waals surface area contributed by atoms with Crippen molar-refractivity contribution in [2.24, 2.45) is 4.99 Å². The number of allylic oxidation sites excluding steroid dienone is 1. The number of phenols is 1. The van der Waals surface area contributed by atoms with Gasteiger partial charge in [0, 0.05) is 0 Å². The van der Waals surface area contributed by atoms with Gasteiger partial charge in [-0.25, -0.2) is 9.79 Å². The van der Waals surface area contributed by atoms with Crippen LogP contribution < -0.4 is 29.1 Å². The quantitative estimate of drug-likeness (QED) is 0.417. The highest BCUT2D eigenvalue weighted by Crippen LogP contribution is 2.36. The Kier molecular flexibility index (Phi) is 8.21. The molecule has 0 saturated carbocycles. The Labute approximate surface area is 223 Å². The van der Waals surface area contributed by atoms with Crippen molar-refractivity contribution in [1.82, 2.24) is 4.57 Å². The van der Waals surface area contributed by atoms with Gasteiger partial charge in [-0.2, -0.15) is 0 Å². The first kappa shape index (κ1) is 27.0. The van der Waals surface area contributed by atoms with Gasteiger partial charge < -0.3 is 24.1 Å². The SMILES string of the molecule is CCOC(=O)C1=C(C)N=c2s/c(=C\c3ccc(OC)c(O)c3)c(=O)n2C1c1ccc(OCC)c(OCC)c1. The summed E-state index contributed by atoms with van der Waals surface area (Å²) in [7, 11) is 1.47. The topological polar surface area (TPSA) is 109 Å². The van der Waals surface area contributed by atoms with Gasteiger partial charge in [0.2, 0.25) is 0 Å². The van der Waals surface area contributed by atoms with Crippen LogP contribution in [0.15, 0.2) is 57.5 Å². The number of carbonyl (C=O) groups is 1. The van der Waals surface area contributed by atoms with E-state index in [0.717, 1.165) is 0 Å². The Hall–Kier alpha value is -4.05. The Bertz CT molecular complexity index is 1570. The van der Waals surface area contributed by atoms with Crippen molar-refractivity contribution in [2.45, 2.75) is 33.7 Å². The van der Waals surface area contributed by atoms with Crippen LogP contribution in [-0.4, -0.2) is 42.6 Å². The standard InChI is InChI=1S/C28H30N2O7S/c1-6-35-21-12-10-18(15-22(21)36-7-2)25-24(27(33)37-8-3)16(4)29-28-30(25)26(32)23(38-28)14-17-9-11-20(34-5)19(31)13-17/h9-15,25,31H,6-8H2,1-5H3/b23-14-. The molecule has 0 bridgehead atoms. The number of esters is 1. The lowest BCUT2D eigenvalue weighted by Gasteiger charge is -2.25. The minimum absolute atomic E-state index is 0.0369. The predicted octanol–water partition coefficient (Wildman–Crippen LogP) is 3.31. The Morgan fingerprint density at radius 1 is 1.05 bits per heavy atom. The van der Waals surface area contributed by atoms with E-state index in [2.05, 4.69) is 4.99 Å². The third-order valence-corrected chi connectivity index (χ3v) is 6.88. The van der Waals surface area contributed by atoms with Crippen LogP contribution in [0.2, 0.25) is 0 Å². The van der Waals surface area contributed by atoms with Crippen LogP contribution in [0.5, 0.6) is 23.0 Å². The number of benzene rings is 2. The first-order chi connectivity index (χ1) is 18.3. The predicted molar refractivity (Wildman–Crippen MR) is 144 cm³/mol. The fraction of sp³-hybridized carbons (Fsp3) is 0.321. The second-order valence-corrected chi connectivity index (χ2v) is 9.31. The number of rotatable bonds is 9. The maximum Gasteiger partial charge on any atom is 0.338 e. The normalized spacial score (nSPS) is 15.1. The molecule has 2 aromatic carbocycles. The Balaban J connectivity index is 1.94. The molecule has 3 aromatic rings. The van der Waals surface area contributed by atoms with Gasteiger partial charge in [-0.15, -0.1) is 0 Å². The van der Waals surface area contributed by atoms with Crippen LogP contribution in [0.3, 0.4) is 0 Å². The molecule has 2 heterocycles. The van der Waals surface area contributed by atoms with Gasteiger partial charge in [0.05, 0.1) is 48.8 Å². The first-order valence-corrected chi connectivity index (χ1v) is 13.1. The molecule has 38 heavy (non-hydrogen) atoms. The fourth-order valence-corrected chi connectivity index (χ4v) is 5.34. The van der Waals surface area contributed by atoms with Gasteiger partial charge in [0.15, 0.2) is 27.8 Å². The minimum Gasteiger partial charge on any atom is -0.504 e. The van der Waals surface area contributed by atoms with Crippen LogP contribution >= 0.6 is 11.3 Å². The molecule has 1 aromatic heterocycles. The van der Waals surface area contributed by atoms with E-state index in [1.165, 1.54) is 29.1 Å². The summed E-state index contributed by atoms with van der Waals surface area (Å²) in [5.74, 6) is 0.841. The Morgan fingerprint density at radius 3 is 2.42 bits per heavy atom. The average Bonchev–Trinajstić information content (AvgIpc) is 3.19. The van der Waals surface area contributed by atoms with E-state index in [9.17, 15) is 14.7 Å². The molecular formula is C28H30N2O7S. The zero-order valence-corrected chi connectivity index (χ0v) is 22.8. The summed E-state index contributed by atoms with van der Waals surface area (Å²) in [5, 5.41) is 10.2. The van der Waals surface area contributed by atoms with E-state index in [-0.39, 0.29) is 23.5 Å². The summed E-state index contributed by atoms with van der Waals surface area (Å²) >= 11 is 1.20. The largest absolute Gasteiger partial charge is 0.504 e. The number of hydrogen-bond acceptors (Lipinski definition) is 9. The summed E-state index contributed by atoms with van der Waals surface area (Å²) in [6.07, 6.45) is 1.67. The molecule has 0 amide bonds. The number of methoxy groups -OCH3 is 1. The molecule has 1 unspecified atom stereocenters. The summed E-state index contributed by atoms with van der Waals surface area (Å²) in [6.45, 7) is 8.28. The van der Waals surface area contributed by atoms with Gasteiger partial charge in [-0.05, 0) is 69.2 Å². The van der Waals surface area contributed by atoms with Crippen LogP contribution in [0.1, 0.15) is 44.9 Å². The third kappa shape index (κ3) is 5.17. The van der Waals surface area contributed by atoms with Crippen molar-refractivity contribution >= 4 is 23.4 Å². The molecular weight excluding hydrogens is 508 g/mol. The number of phenolic OH excluding ortho intramolecular Hbond substituents is 1. The van der Waals surface area contributed by atoms with Crippen LogP contribution in [0.25, 0.3) is 6.08 Å². The highest BCUT2D eigenvalue weighted by molar-refractivity contribution is 7.07. The number of ether oxygens (including phenoxy) is 4. The molecule has 9 nitrogen and oxygen atoms in total.